The summed E-state index contributed by atoms with van der Waals surface area (Å²) in [6.45, 7) is 2.99. The third kappa shape index (κ3) is 3.80. The largest absolute Gasteiger partial charge is 0.374 e. The Hall–Kier alpha value is -1.87. The molecular weight excluding hydrogens is 234 g/mol. The summed E-state index contributed by atoms with van der Waals surface area (Å²) in [5, 5.41) is 0. The number of nitrogens with two attached hydrogens (primary N) is 1. The molecule has 0 amide bonds. The van der Waals surface area contributed by atoms with Crippen LogP contribution in [0.3, 0.4) is 0 Å². The van der Waals surface area contributed by atoms with Gasteiger partial charge in [-0.2, -0.15) is 0 Å². The second-order valence-corrected chi connectivity index (χ2v) is 4.91. The van der Waals surface area contributed by atoms with Crippen LogP contribution >= 0.6 is 0 Å². The first-order valence-electron chi connectivity index (χ1n) is 6.62. The van der Waals surface area contributed by atoms with E-state index in [1.807, 2.05) is 19.3 Å². The average Bonchev–Trinajstić information content (AvgIpc) is 2.46. The summed E-state index contributed by atoms with van der Waals surface area (Å²) in [6.07, 6.45) is 4.70. The van der Waals surface area contributed by atoms with Crippen molar-refractivity contribution < 1.29 is 0 Å². The Morgan fingerprint density at radius 3 is 2.32 bits per heavy atom. The molecule has 0 radical (unpaired) electrons. The smallest absolute Gasteiger partial charge is 0.0363 e. The Bertz CT molecular complexity index is 491. The molecule has 2 rings (SSSR count). The van der Waals surface area contributed by atoms with E-state index in [4.69, 9.17) is 5.73 Å². The summed E-state index contributed by atoms with van der Waals surface area (Å²) in [4.78, 5) is 6.29. The second-order valence-electron chi connectivity index (χ2n) is 4.91. The molecule has 1 atom stereocenters. The van der Waals surface area contributed by atoms with Crippen LogP contribution in [0.15, 0.2) is 48.8 Å². The molecule has 2 aromatic rings. The van der Waals surface area contributed by atoms with E-state index in [0.29, 0.717) is 0 Å². The predicted molar refractivity (Wildman–Crippen MR) is 80.3 cm³/mol. The Labute approximate surface area is 115 Å². The molecule has 0 saturated carbocycles. The highest BCUT2D eigenvalue weighted by molar-refractivity contribution is 5.47. The van der Waals surface area contributed by atoms with E-state index in [0.717, 1.165) is 13.0 Å². The van der Waals surface area contributed by atoms with E-state index in [-0.39, 0.29) is 6.04 Å². The van der Waals surface area contributed by atoms with Gasteiger partial charge in [0.2, 0.25) is 0 Å². The molecule has 19 heavy (non-hydrogen) atoms. The number of hydrogen-bond donors (Lipinski definition) is 1. The van der Waals surface area contributed by atoms with Crippen molar-refractivity contribution in [3.8, 4) is 0 Å². The molecular formula is C16H21N3. The molecule has 3 heteroatoms. The van der Waals surface area contributed by atoms with Crippen LogP contribution in [0.1, 0.15) is 24.1 Å². The number of anilines is 1. The lowest BCUT2D eigenvalue weighted by molar-refractivity contribution is 0.816. The Balaban J connectivity index is 1.94. The maximum absolute atomic E-state index is 5.86. The van der Waals surface area contributed by atoms with Crippen molar-refractivity contribution in [2.75, 3.05) is 18.5 Å². The van der Waals surface area contributed by atoms with Crippen LogP contribution in [0.4, 0.5) is 5.69 Å². The van der Waals surface area contributed by atoms with Gasteiger partial charge in [0.15, 0.2) is 0 Å². The molecule has 0 aliphatic carbocycles. The van der Waals surface area contributed by atoms with Crippen molar-refractivity contribution >= 4 is 5.69 Å². The number of likely N-dealkylation sites (N-methyl/N-ethyl adjacent to an activating group) is 1. The van der Waals surface area contributed by atoms with Gasteiger partial charge in [0.05, 0.1) is 0 Å². The fourth-order valence-electron chi connectivity index (χ4n) is 2.01. The molecule has 0 bridgehead atoms. The number of pyridine rings is 1. The standard InChI is InChI=1S/C16H21N3/c1-13(17)15-3-5-16(6-4-15)19(2)12-9-14-7-10-18-11-8-14/h3-8,10-11,13H,9,12,17H2,1-2H3. The highest BCUT2D eigenvalue weighted by Gasteiger charge is 2.03. The summed E-state index contributed by atoms with van der Waals surface area (Å²) in [6, 6.07) is 12.7. The zero-order valence-corrected chi connectivity index (χ0v) is 11.6. The molecule has 0 spiro atoms. The van der Waals surface area contributed by atoms with Gasteiger partial charge in [0.25, 0.3) is 0 Å². The maximum Gasteiger partial charge on any atom is 0.0363 e. The molecule has 2 N–H and O–H groups in total. The van der Waals surface area contributed by atoms with Crippen molar-refractivity contribution in [1.82, 2.24) is 4.98 Å². The van der Waals surface area contributed by atoms with Gasteiger partial charge in [-0.05, 0) is 48.7 Å². The Kier molecular flexibility index (Phi) is 4.53. The molecule has 1 aromatic heterocycles. The molecule has 0 saturated heterocycles. The quantitative estimate of drug-likeness (QED) is 0.893. The van der Waals surface area contributed by atoms with Crippen LogP contribution in [0.5, 0.6) is 0 Å². The first kappa shape index (κ1) is 13.6. The van der Waals surface area contributed by atoms with Crippen molar-refractivity contribution in [3.05, 3.63) is 59.9 Å². The molecule has 0 aliphatic heterocycles. The van der Waals surface area contributed by atoms with Gasteiger partial charge in [-0.1, -0.05) is 12.1 Å². The van der Waals surface area contributed by atoms with Crippen LogP contribution in [-0.4, -0.2) is 18.6 Å². The minimum Gasteiger partial charge on any atom is -0.374 e. The van der Waals surface area contributed by atoms with Crippen LogP contribution in [-0.2, 0) is 6.42 Å². The number of aromatic nitrogens is 1. The lowest BCUT2D eigenvalue weighted by Gasteiger charge is -2.20. The number of rotatable bonds is 5. The molecule has 1 unspecified atom stereocenters. The molecule has 0 aliphatic rings. The van der Waals surface area contributed by atoms with Crippen molar-refractivity contribution in [3.63, 3.8) is 0 Å². The fraction of sp³-hybridized carbons (Fsp3) is 0.312. The van der Waals surface area contributed by atoms with Crippen LogP contribution in [0, 0.1) is 0 Å². The third-order valence-electron chi connectivity index (χ3n) is 3.34. The molecule has 100 valence electrons. The van der Waals surface area contributed by atoms with Gasteiger partial charge in [0.1, 0.15) is 0 Å². The highest BCUT2D eigenvalue weighted by atomic mass is 15.1. The number of nitrogens with zero attached hydrogens (tertiary/aromatic N) is 2. The highest BCUT2D eigenvalue weighted by Crippen LogP contribution is 2.17. The summed E-state index contributed by atoms with van der Waals surface area (Å²) in [7, 11) is 2.11. The maximum atomic E-state index is 5.86. The van der Waals surface area contributed by atoms with Gasteiger partial charge in [-0.3, -0.25) is 4.98 Å². The molecule has 0 fully saturated rings. The normalized spacial score (nSPS) is 12.2. The molecule has 3 nitrogen and oxygen atoms in total. The van der Waals surface area contributed by atoms with Gasteiger partial charge >= 0.3 is 0 Å². The summed E-state index contributed by atoms with van der Waals surface area (Å²) < 4.78 is 0. The fourth-order valence-corrected chi connectivity index (χ4v) is 2.01. The number of hydrogen-bond acceptors (Lipinski definition) is 3. The molecule has 1 aromatic carbocycles. The summed E-state index contributed by atoms with van der Waals surface area (Å²) in [5.74, 6) is 0. The van der Waals surface area contributed by atoms with Gasteiger partial charge in [0, 0.05) is 37.7 Å². The van der Waals surface area contributed by atoms with Crippen molar-refractivity contribution in [2.45, 2.75) is 19.4 Å². The Morgan fingerprint density at radius 2 is 1.74 bits per heavy atom. The zero-order valence-electron chi connectivity index (χ0n) is 11.6. The first-order valence-corrected chi connectivity index (χ1v) is 6.62. The third-order valence-corrected chi connectivity index (χ3v) is 3.34. The van der Waals surface area contributed by atoms with E-state index >= 15 is 0 Å². The van der Waals surface area contributed by atoms with Crippen LogP contribution in [0.25, 0.3) is 0 Å². The molecule has 1 heterocycles. The van der Waals surface area contributed by atoms with Crippen LogP contribution in [0.2, 0.25) is 0 Å². The van der Waals surface area contributed by atoms with Gasteiger partial charge in [-0.15, -0.1) is 0 Å². The van der Waals surface area contributed by atoms with Gasteiger partial charge in [-0.25, -0.2) is 0 Å². The average molecular weight is 255 g/mol. The lowest BCUT2D eigenvalue weighted by Crippen LogP contribution is -2.20. The second kappa shape index (κ2) is 6.34. The minimum atomic E-state index is 0.0937. The topological polar surface area (TPSA) is 42.1 Å². The SMILES string of the molecule is CC(N)c1ccc(N(C)CCc2ccncc2)cc1. The van der Waals surface area contributed by atoms with Crippen molar-refractivity contribution in [2.24, 2.45) is 5.73 Å². The monoisotopic (exact) mass is 255 g/mol. The first-order chi connectivity index (χ1) is 9.16. The predicted octanol–water partition coefficient (Wildman–Crippen LogP) is 2.78. The van der Waals surface area contributed by atoms with Gasteiger partial charge < -0.3 is 10.6 Å². The summed E-state index contributed by atoms with van der Waals surface area (Å²) >= 11 is 0. The number of benzene rings is 1. The lowest BCUT2D eigenvalue weighted by atomic mass is 10.1. The minimum absolute atomic E-state index is 0.0937. The van der Waals surface area contributed by atoms with Crippen LogP contribution < -0.4 is 10.6 Å². The van der Waals surface area contributed by atoms with E-state index in [9.17, 15) is 0 Å². The van der Waals surface area contributed by atoms with Crippen molar-refractivity contribution in [1.29, 1.82) is 0 Å². The zero-order chi connectivity index (χ0) is 13.7. The van der Waals surface area contributed by atoms with E-state index in [1.54, 1.807) is 0 Å². The van der Waals surface area contributed by atoms with E-state index in [2.05, 4.69) is 53.3 Å². The Morgan fingerprint density at radius 1 is 1.11 bits per heavy atom. The van der Waals surface area contributed by atoms with E-state index < -0.39 is 0 Å². The van der Waals surface area contributed by atoms with E-state index in [1.165, 1.54) is 16.8 Å². The summed E-state index contributed by atoms with van der Waals surface area (Å²) in [5.41, 5.74) is 9.56.